The summed E-state index contributed by atoms with van der Waals surface area (Å²) >= 11 is 3.10. The second-order valence-electron chi connectivity index (χ2n) is 4.94. The molecule has 0 radical (unpaired) electrons. The molecule has 2 atom stereocenters. The van der Waals surface area contributed by atoms with Gasteiger partial charge in [0.2, 0.25) is 0 Å². The third-order valence-electron chi connectivity index (χ3n) is 3.41. The fraction of sp³-hybridized carbons (Fsp3) is 0.538. The van der Waals surface area contributed by atoms with Crippen molar-refractivity contribution in [3.8, 4) is 0 Å². The Morgan fingerprint density at radius 1 is 1.35 bits per heavy atom. The first-order chi connectivity index (χ1) is 7.99. The van der Waals surface area contributed by atoms with Gasteiger partial charge in [-0.15, -0.1) is 0 Å². The van der Waals surface area contributed by atoms with Crippen LogP contribution in [0.1, 0.15) is 25.8 Å². The molecule has 1 saturated heterocycles. The first kappa shape index (κ1) is 13.0. The predicted octanol–water partition coefficient (Wildman–Crippen LogP) is 3.96. The molecule has 2 unspecified atom stereocenters. The molecule has 1 aliphatic rings. The van der Waals surface area contributed by atoms with Crippen LogP contribution in [-0.4, -0.2) is 17.5 Å². The van der Waals surface area contributed by atoms with Crippen LogP contribution >= 0.6 is 15.9 Å². The minimum Gasteiger partial charge on any atom is -0.296 e. The van der Waals surface area contributed by atoms with Crippen molar-refractivity contribution in [3.63, 3.8) is 0 Å². The molecule has 1 aromatic carbocycles. The fourth-order valence-electron chi connectivity index (χ4n) is 2.52. The lowest BCUT2D eigenvalue weighted by Crippen LogP contribution is -2.27. The molecule has 0 spiro atoms. The topological polar surface area (TPSA) is 3.24 Å². The van der Waals surface area contributed by atoms with Gasteiger partial charge in [0.05, 0.1) is 4.47 Å². The molecule has 4 heteroatoms. The van der Waals surface area contributed by atoms with Crippen LogP contribution in [0.3, 0.4) is 0 Å². The van der Waals surface area contributed by atoms with Gasteiger partial charge in [-0.25, -0.2) is 8.78 Å². The zero-order chi connectivity index (χ0) is 12.6. The Morgan fingerprint density at radius 3 is 2.65 bits per heavy atom. The number of rotatable bonds is 2. The average molecular weight is 304 g/mol. The Hall–Kier alpha value is -0.480. The molecule has 0 bridgehead atoms. The average Bonchev–Trinajstić information content (AvgIpc) is 2.58. The highest BCUT2D eigenvalue weighted by molar-refractivity contribution is 9.10. The van der Waals surface area contributed by atoms with E-state index >= 15 is 0 Å². The summed E-state index contributed by atoms with van der Waals surface area (Å²) in [6, 6.07) is 3.11. The second kappa shape index (κ2) is 5.02. The van der Waals surface area contributed by atoms with E-state index in [1.165, 1.54) is 12.1 Å². The van der Waals surface area contributed by atoms with Gasteiger partial charge in [0.1, 0.15) is 11.6 Å². The highest BCUT2D eigenvalue weighted by Gasteiger charge is 2.27. The van der Waals surface area contributed by atoms with Crippen LogP contribution < -0.4 is 0 Å². The van der Waals surface area contributed by atoms with E-state index in [4.69, 9.17) is 0 Å². The maximum atomic E-state index is 13.8. The maximum absolute atomic E-state index is 13.8. The number of likely N-dealkylation sites (tertiary alicyclic amines) is 1. The summed E-state index contributed by atoms with van der Waals surface area (Å²) in [5, 5.41) is 0. The van der Waals surface area contributed by atoms with Gasteiger partial charge in [0, 0.05) is 24.7 Å². The summed E-state index contributed by atoms with van der Waals surface area (Å²) in [6.07, 6.45) is 1.09. The third-order valence-corrected chi connectivity index (χ3v) is 4.03. The van der Waals surface area contributed by atoms with E-state index in [1.54, 1.807) is 0 Å². The third kappa shape index (κ3) is 2.68. The maximum Gasteiger partial charge on any atom is 0.144 e. The van der Waals surface area contributed by atoms with Crippen molar-refractivity contribution in [2.45, 2.75) is 32.9 Å². The van der Waals surface area contributed by atoms with E-state index in [0.29, 0.717) is 23.0 Å². The van der Waals surface area contributed by atoms with Gasteiger partial charge >= 0.3 is 0 Å². The van der Waals surface area contributed by atoms with E-state index in [0.717, 1.165) is 13.0 Å². The zero-order valence-electron chi connectivity index (χ0n) is 10.0. The van der Waals surface area contributed by atoms with Crippen LogP contribution in [0.5, 0.6) is 0 Å². The molecule has 1 heterocycles. The molecule has 0 aliphatic carbocycles. The number of hydrogen-bond acceptors (Lipinski definition) is 1. The lowest BCUT2D eigenvalue weighted by Gasteiger charge is -2.21. The summed E-state index contributed by atoms with van der Waals surface area (Å²) in [5.41, 5.74) is 0.167. The monoisotopic (exact) mass is 303 g/mol. The molecule has 1 fully saturated rings. The number of benzene rings is 1. The Bertz CT molecular complexity index is 422. The van der Waals surface area contributed by atoms with Gasteiger partial charge < -0.3 is 0 Å². The van der Waals surface area contributed by atoms with Crippen molar-refractivity contribution >= 4 is 15.9 Å². The predicted molar refractivity (Wildman–Crippen MR) is 67.7 cm³/mol. The molecule has 0 saturated carbocycles. The zero-order valence-corrected chi connectivity index (χ0v) is 11.6. The van der Waals surface area contributed by atoms with Gasteiger partial charge in [-0.2, -0.15) is 0 Å². The van der Waals surface area contributed by atoms with Gasteiger partial charge in [-0.1, -0.05) is 6.92 Å². The normalized spacial score (nSPS) is 25.5. The van der Waals surface area contributed by atoms with Gasteiger partial charge in [-0.05, 0) is 47.3 Å². The summed E-state index contributed by atoms with van der Waals surface area (Å²) < 4.78 is 27.8. The Kier molecular flexibility index (Phi) is 3.83. The van der Waals surface area contributed by atoms with E-state index in [1.807, 2.05) is 0 Å². The highest BCUT2D eigenvalue weighted by atomic mass is 79.9. The lowest BCUT2D eigenvalue weighted by molar-refractivity contribution is 0.248. The fourth-order valence-corrected chi connectivity index (χ4v) is 2.90. The molecule has 0 aromatic heterocycles. The lowest BCUT2D eigenvalue weighted by atomic mass is 10.1. The standard InChI is InChI=1S/C13H16BrF2N/c1-8-5-9(2)17(6-8)7-10-12(15)4-3-11(14)13(10)16/h3-4,8-9H,5-7H2,1-2H3. The van der Waals surface area contributed by atoms with Crippen LogP contribution in [-0.2, 0) is 6.54 Å². The molecule has 0 amide bonds. The van der Waals surface area contributed by atoms with Crippen molar-refractivity contribution in [3.05, 3.63) is 33.8 Å². The van der Waals surface area contributed by atoms with E-state index in [2.05, 4.69) is 34.7 Å². The molecule has 17 heavy (non-hydrogen) atoms. The molecular weight excluding hydrogens is 288 g/mol. The summed E-state index contributed by atoms with van der Waals surface area (Å²) in [5.74, 6) is -0.336. The quantitative estimate of drug-likeness (QED) is 0.748. The Balaban J connectivity index is 2.21. The SMILES string of the molecule is CC1CC(C)N(Cc2c(F)ccc(Br)c2F)C1. The molecule has 94 valence electrons. The largest absolute Gasteiger partial charge is 0.296 e. The summed E-state index contributed by atoms with van der Waals surface area (Å²) in [7, 11) is 0. The summed E-state index contributed by atoms with van der Waals surface area (Å²) in [4.78, 5) is 2.14. The van der Waals surface area contributed by atoms with E-state index in [-0.39, 0.29) is 5.56 Å². The number of hydrogen-bond donors (Lipinski definition) is 0. The highest BCUT2D eigenvalue weighted by Crippen LogP contribution is 2.28. The van der Waals surface area contributed by atoms with Crippen molar-refractivity contribution in [2.75, 3.05) is 6.54 Å². The van der Waals surface area contributed by atoms with Crippen molar-refractivity contribution < 1.29 is 8.78 Å². The summed E-state index contributed by atoms with van der Waals surface area (Å²) in [6.45, 7) is 5.54. The Morgan fingerprint density at radius 2 is 2.06 bits per heavy atom. The molecule has 1 aromatic rings. The van der Waals surface area contributed by atoms with Crippen molar-refractivity contribution in [1.82, 2.24) is 4.90 Å². The second-order valence-corrected chi connectivity index (χ2v) is 5.80. The molecule has 1 aliphatic heterocycles. The first-order valence-electron chi connectivity index (χ1n) is 5.85. The van der Waals surface area contributed by atoms with Gasteiger partial charge in [0.15, 0.2) is 0 Å². The van der Waals surface area contributed by atoms with Crippen LogP contribution in [0, 0.1) is 17.6 Å². The first-order valence-corrected chi connectivity index (χ1v) is 6.64. The van der Waals surface area contributed by atoms with Crippen LogP contribution in [0.2, 0.25) is 0 Å². The van der Waals surface area contributed by atoms with Crippen molar-refractivity contribution in [2.24, 2.45) is 5.92 Å². The van der Waals surface area contributed by atoms with E-state index in [9.17, 15) is 8.78 Å². The van der Waals surface area contributed by atoms with Crippen LogP contribution in [0.25, 0.3) is 0 Å². The molecule has 1 nitrogen and oxygen atoms in total. The smallest absolute Gasteiger partial charge is 0.144 e. The minimum atomic E-state index is -0.475. The molecular formula is C13H16BrF2N. The van der Waals surface area contributed by atoms with Gasteiger partial charge in [-0.3, -0.25) is 4.90 Å². The Labute approximate surface area is 109 Å². The molecule has 0 N–H and O–H groups in total. The van der Waals surface area contributed by atoms with Crippen molar-refractivity contribution in [1.29, 1.82) is 0 Å². The van der Waals surface area contributed by atoms with Crippen LogP contribution in [0.4, 0.5) is 8.78 Å². The number of halogens is 3. The van der Waals surface area contributed by atoms with E-state index < -0.39 is 11.6 Å². The minimum absolute atomic E-state index is 0.167. The van der Waals surface area contributed by atoms with Gasteiger partial charge in [0.25, 0.3) is 0 Å². The molecule has 2 rings (SSSR count). The number of nitrogens with zero attached hydrogens (tertiary/aromatic N) is 1. The van der Waals surface area contributed by atoms with Crippen LogP contribution in [0.15, 0.2) is 16.6 Å².